The second-order valence-corrected chi connectivity index (χ2v) is 17.2. The van der Waals surface area contributed by atoms with Crippen LogP contribution in [0.15, 0.2) is 0 Å². The number of phosphoric ester groups is 1. The number of unbranched alkanes of at least 4 members (excludes halogenated alkanes) is 25. The van der Waals surface area contributed by atoms with E-state index in [4.69, 9.17) is 18.5 Å². The first-order valence-corrected chi connectivity index (χ1v) is 22.8. The Bertz CT molecular complexity index is 850. The molecular weight excluding hydrogens is 665 g/mol. The van der Waals surface area contributed by atoms with Crippen LogP contribution in [-0.2, 0) is 32.7 Å². The molecule has 2 atom stereocenters. The average molecular weight is 749 g/mol. The lowest BCUT2D eigenvalue weighted by molar-refractivity contribution is -0.870. The van der Waals surface area contributed by atoms with Gasteiger partial charge in [0.2, 0.25) is 0 Å². The van der Waals surface area contributed by atoms with Gasteiger partial charge in [-0.1, -0.05) is 174 Å². The Morgan fingerprint density at radius 2 is 0.882 bits per heavy atom. The van der Waals surface area contributed by atoms with Crippen LogP contribution in [0.5, 0.6) is 0 Å². The number of likely N-dealkylation sites (N-methyl/N-ethyl adjacent to an activating group) is 1. The molecule has 0 aromatic carbocycles. The van der Waals surface area contributed by atoms with Crippen LogP contribution in [0, 0.1) is 0 Å². The van der Waals surface area contributed by atoms with Crippen LogP contribution in [0.25, 0.3) is 0 Å². The lowest BCUT2D eigenvalue weighted by atomic mass is 10.0. The number of carbonyl (C=O) groups is 2. The van der Waals surface area contributed by atoms with Crippen LogP contribution in [0.4, 0.5) is 0 Å². The highest BCUT2D eigenvalue weighted by Crippen LogP contribution is 2.43. The van der Waals surface area contributed by atoms with Crippen molar-refractivity contribution in [2.24, 2.45) is 0 Å². The van der Waals surface area contributed by atoms with Gasteiger partial charge in [-0.3, -0.25) is 18.6 Å². The largest absolute Gasteiger partial charge is 0.472 e. The fourth-order valence-electron chi connectivity index (χ4n) is 6.01. The molecule has 10 heteroatoms. The first-order valence-electron chi connectivity index (χ1n) is 21.3. The molecule has 0 aromatic rings. The van der Waals surface area contributed by atoms with E-state index in [-0.39, 0.29) is 25.6 Å². The van der Waals surface area contributed by atoms with Crippen LogP contribution in [0.3, 0.4) is 0 Å². The molecule has 0 amide bonds. The zero-order valence-corrected chi connectivity index (χ0v) is 35.0. The summed E-state index contributed by atoms with van der Waals surface area (Å²) in [6.45, 7) is 4.44. The van der Waals surface area contributed by atoms with Crippen LogP contribution >= 0.6 is 7.82 Å². The summed E-state index contributed by atoms with van der Waals surface area (Å²) in [4.78, 5) is 35.3. The topological polar surface area (TPSA) is 108 Å². The van der Waals surface area contributed by atoms with Crippen molar-refractivity contribution in [2.75, 3.05) is 47.5 Å². The third kappa shape index (κ3) is 38.5. The van der Waals surface area contributed by atoms with Crippen LogP contribution in [-0.4, -0.2) is 74.9 Å². The molecule has 304 valence electrons. The second-order valence-electron chi connectivity index (χ2n) is 15.7. The number of hydrogen-bond donors (Lipinski definition) is 1. The number of rotatable bonds is 39. The molecule has 0 aromatic heterocycles. The van der Waals surface area contributed by atoms with Gasteiger partial charge in [-0.25, -0.2) is 4.57 Å². The van der Waals surface area contributed by atoms with Crippen LogP contribution in [0.1, 0.15) is 200 Å². The van der Waals surface area contributed by atoms with Gasteiger partial charge in [0.25, 0.3) is 0 Å². The zero-order valence-electron chi connectivity index (χ0n) is 34.1. The van der Waals surface area contributed by atoms with E-state index < -0.39 is 26.5 Å². The van der Waals surface area contributed by atoms with Crippen LogP contribution in [0.2, 0.25) is 0 Å². The fraction of sp³-hybridized carbons (Fsp3) is 0.951. The molecule has 0 heterocycles. The van der Waals surface area contributed by atoms with E-state index in [2.05, 4.69) is 13.8 Å². The highest BCUT2D eigenvalue weighted by molar-refractivity contribution is 7.47. The molecule has 0 aliphatic carbocycles. The molecule has 0 spiro atoms. The number of ether oxygens (including phenoxy) is 2. The summed E-state index contributed by atoms with van der Waals surface area (Å²) in [5.41, 5.74) is 0. The molecule has 0 bridgehead atoms. The van der Waals surface area contributed by atoms with Gasteiger partial charge in [-0.15, -0.1) is 0 Å². The van der Waals surface area contributed by atoms with E-state index >= 15 is 0 Å². The smallest absolute Gasteiger partial charge is 0.462 e. The summed E-state index contributed by atoms with van der Waals surface area (Å²) >= 11 is 0. The Labute approximate surface area is 314 Å². The highest BCUT2D eigenvalue weighted by atomic mass is 31.2. The van der Waals surface area contributed by atoms with E-state index in [1.807, 2.05) is 21.1 Å². The summed E-state index contributed by atoms with van der Waals surface area (Å²) in [7, 11) is 1.49. The molecule has 0 saturated heterocycles. The van der Waals surface area contributed by atoms with Gasteiger partial charge in [-0.05, 0) is 12.8 Å². The van der Waals surface area contributed by atoms with Crippen molar-refractivity contribution >= 4 is 19.8 Å². The summed E-state index contributed by atoms with van der Waals surface area (Å²) in [5.74, 6) is -0.786. The Kier molecular flexibility index (Phi) is 34.1. The van der Waals surface area contributed by atoms with Crippen molar-refractivity contribution in [1.29, 1.82) is 0 Å². The highest BCUT2D eigenvalue weighted by Gasteiger charge is 2.27. The lowest BCUT2D eigenvalue weighted by Gasteiger charge is -2.24. The van der Waals surface area contributed by atoms with Gasteiger partial charge >= 0.3 is 19.8 Å². The Balaban J connectivity index is 4.34. The number of esters is 2. The minimum atomic E-state index is -4.36. The molecule has 2 unspecified atom stereocenters. The first kappa shape index (κ1) is 50.0. The Hall–Kier alpha value is -0.990. The van der Waals surface area contributed by atoms with Gasteiger partial charge in [-0.2, -0.15) is 0 Å². The average Bonchev–Trinajstić information content (AvgIpc) is 3.07. The van der Waals surface area contributed by atoms with E-state index in [0.29, 0.717) is 17.4 Å². The van der Waals surface area contributed by atoms with Crippen molar-refractivity contribution in [3.8, 4) is 0 Å². The molecule has 1 N–H and O–H groups in total. The van der Waals surface area contributed by atoms with Gasteiger partial charge in [0, 0.05) is 12.8 Å². The SMILES string of the molecule is CCCCCCCCCCCCCCCCC(=O)OCC(COP(=O)(O)OCC[N+](C)(C)C)OC(=O)CCCCCCCCCCCCCCC. The number of hydrogen-bond acceptors (Lipinski definition) is 7. The summed E-state index contributed by atoms with van der Waals surface area (Å²) in [5, 5.41) is 0. The van der Waals surface area contributed by atoms with Crippen LogP contribution < -0.4 is 0 Å². The van der Waals surface area contributed by atoms with Crippen molar-refractivity contribution in [1.82, 2.24) is 0 Å². The van der Waals surface area contributed by atoms with Crippen molar-refractivity contribution in [2.45, 2.75) is 206 Å². The van der Waals surface area contributed by atoms with Gasteiger partial charge in [0.05, 0.1) is 27.7 Å². The molecule has 9 nitrogen and oxygen atoms in total. The van der Waals surface area contributed by atoms with Gasteiger partial charge in [0.15, 0.2) is 6.10 Å². The van der Waals surface area contributed by atoms with Crippen molar-refractivity contribution in [3.63, 3.8) is 0 Å². The van der Waals surface area contributed by atoms with E-state index in [1.165, 1.54) is 135 Å². The molecule has 51 heavy (non-hydrogen) atoms. The maximum absolute atomic E-state index is 12.6. The van der Waals surface area contributed by atoms with E-state index in [1.54, 1.807) is 0 Å². The molecule has 0 aliphatic rings. The Morgan fingerprint density at radius 3 is 1.25 bits per heavy atom. The van der Waals surface area contributed by atoms with Gasteiger partial charge < -0.3 is 18.9 Å². The van der Waals surface area contributed by atoms with Crippen molar-refractivity contribution in [3.05, 3.63) is 0 Å². The summed E-state index contributed by atoms with van der Waals surface area (Å²) in [6, 6.07) is 0. The molecule has 0 rings (SSSR count). The maximum Gasteiger partial charge on any atom is 0.472 e. The number of nitrogens with zero attached hydrogens (tertiary/aromatic N) is 1. The third-order valence-electron chi connectivity index (χ3n) is 9.39. The maximum atomic E-state index is 12.6. The van der Waals surface area contributed by atoms with E-state index in [9.17, 15) is 19.0 Å². The van der Waals surface area contributed by atoms with Crippen molar-refractivity contribution < 1.29 is 42.1 Å². The monoisotopic (exact) mass is 749 g/mol. The summed E-state index contributed by atoms with van der Waals surface area (Å²) < 4.78 is 34.3. The quantitative estimate of drug-likeness (QED) is 0.0286. The third-order valence-corrected chi connectivity index (χ3v) is 10.4. The standard InChI is InChI=1S/C41H82NO8P/c1-6-8-10-12-14-16-18-20-22-23-25-27-29-31-33-40(43)47-37-39(38-49-51(45,46)48-36-35-42(3,4)5)50-41(44)34-32-30-28-26-24-21-19-17-15-13-11-9-7-2/h39H,6-38H2,1-5H3/p+1. The lowest BCUT2D eigenvalue weighted by Crippen LogP contribution is -2.37. The van der Waals surface area contributed by atoms with E-state index in [0.717, 1.165) is 38.5 Å². The minimum absolute atomic E-state index is 0.0367. The zero-order chi connectivity index (χ0) is 37.9. The predicted molar refractivity (Wildman–Crippen MR) is 211 cm³/mol. The number of phosphoric acid groups is 1. The molecule has 0 radical (unpaired) electrons. The summed E-state index contributed by atoms with van der Waals surface area (Å²) in [6.07, 6.45) is 32.8. The molecule has 0 saturated carbocycles. The second kappa shape index (κ2) is 34.8. The molecule has 0 fully saturated rings. The number of quaternary nitrogens is 1. The normalized spacial score (nSPS) is 13.6. The van der Waals surface area contributed by atoms with Gasteiger partial charge in [0.1, 0.15) is 19.8 Å². The Morgan fingerprint density at radius 1 is 0.529 bits per heavy atom. The molecular formula is C41H83NO8P+. The first-order chi connectivity index (χ1) is 24.5. The molecule has 0 aliphatic heterocycles. The number of carbonyl (C=O) groups excluding carboxylic acids is 2. The fourth-order valence-corrected chi connectivity index (χ4v) is 6.76. The minimum Gasteiger partial charge on any atom is -0.462 e. The predicted octanol–water partition coefficient (Wildman–Crippen LogP) is 11.6.